The molecule has 1 aromatic heterocycles. The van der Waals surface area contributed by atoms with E-state index in [9.17, 15) is 4.79 Å². The van der Waals surface area contributed by atoms with E-state index in [4.69, 9.17) is 5.73 Å². The quantitative estimate of drug-likeness (QED) is 0.867. The molecular formula is C17H18N2O. The molecule has 0 unspecified atom stereocenters. The van der Waals surface area contributed by atoms with Crippen LogP contribution >= 0.6 is 0 Å². The zero-order chi connectivity index (χ0) is 14.0. The van der Waals surface area contributed by atoms with Crippen LogP contribution in [0.5, 0.6) is 0 Å². The Balaban J connectivity index is 2.00. The Bertz CT molecular complexity index is 630. The Morgan fingerprint density at radius 2 is 1.90 bits per heavy atom. The minimum Gasteiger partial charge on any atom is -0.321 e. The molecule has 0 radical (unpaired) electrons. The summed E-state index contributed by atoms with van der Waals surface area (Å²) < 4.78 is 0. The molecule has 3 nitrogen and oxygen atoms in total. The number of hydrogen-bond acceptors (Lipinski definition) is 3. The Hall–Kier alpha value is -2.00. The number of benzene rings is 1. The van der Waals surface area contributed by atoms with Gasteiger partial charge in [0.1, 0.15) is 0 Å². The molecule has 0 amide bonds. The molecule has 1 fully saturated rings. The first-order valence-corrected chi connectivity index (χ1v) is 7.01. The summed E-state index contributed by atoms with van der Waals surface area (Å²) >= 11 is 0. The lowest BCUT2D eigenvalue weighted by molar-refractivity contribution is 0.112. The number of pyridine rings is 1. The normalized spacial score (nSPS) is 17.1. The molecule has 1 saturated carbocycles. The summed E-state index contributed by atoms with van der Waals surface area (Å²) in [5, 5.41) is 0. The van der Waals surface area contributed by atoms with Gasteiger partial charge in [-0.1, -0.05) is 31.0 Å². The molecule has 0 atom stereocenters. The highest BCUT2D eigenvalue weighted by Crippen LogP contribution is 2.37. The van der Waals surface area contributed by atoms with Gasteiger partial charge in [0.2, 0.25) is 0 Å². The monoisotopic (exact) mass is 266 g/mol. The van der Waals surface area contributed by atoms with Crippen LogP contribution in [0, 0.1) is 0 Å². The van der Waals surface area contributed by atoms with Crippen LogP contribution in [0.4, 0.5) is 0 Å². The van der Waals surface area contributed by atoms with Gasteiger partial charge in [-0.15, -0.1) is 0 Å². The molecule has 2 N–H and O–H groups in total. The molecule has 1 aliphatic carbocycles. The van der Waals surface area contributed by atoms with E-state index in [2.05, 4.69) is 17.1 Å². The van der Waals surface area contributed by atoms with Gasteiger partial charge in [0.05, 0.1) is 0 Å². The summed E-state index contributed by atoms with van der Waals surface area (Å²) in [4.78, 5) is 15.0. The lowest BCUT2D eigenvalue weighted by Crippen LogP contribution is -2.32. The number of carbonyl (C=O) groups is 1. The highest BCUT2D eigenvalue weighted by atomic mass is 16.1. The molecule has 102 valence electrons. The van der Waals surface area contributed by atoms with Crippen molar-refractivity contribution in [1.82, 2.24) is 4.98 Å². The summed E-state index contributed by atoms with van der Waals surface area (Å²) in [6.07, 6.45) is 8.66. The third kappa shape index (κ3) is 2.37. The summed E-state index contributed by atoms with van der Waals surface area (Å²) in [5.41, 5.74) is 10.1. The average molecular weight is 266 g/mol. The van der Waals surface area contributed by atoms with E-state index >= 15 is 0 Å². The average Bonchev–Trinajstić information content (AvgIpc) is 2.96. The second-order valence-corrected chi connectivity index (χ2v) is 5.57. The van der Waals surface area contributed by atoms with Crippen molar-refractivity contribution in [2.24, 2.45) is 5.73 Å². The molecule has 3 heteroatoms. The van der Waals surface area contributed by atoms with Gasteiger partial charge in [-0.3, -0.25) is 9.78 Å². The molecule has 0 spiro atoms. The van der Waals surface area contributed by atoms with Crippen LogP contribution in [-0.4, -0.2) is 11.3 Å². The van der Waals surface area contributed by atoms with Crippen molar-refractivity contribution in [2.75, 3.05) is 0 Å². The van der Waals surface area contributed by atoms with Crippen molar-refractivity contribution in [2.45, 2.75) is 31.2 Å². The van der Waals surface area contributed by atoms with Gasteiger partial charge in [0.25, 0.3) is 0 Å². The molecule has 1 aliphatic rings. The van der Waals surface area contributed by atoms with Crippen LogP contribution in [0.2, 0.25) is 0 Å². The standard InChI is InChI=1S/C17H18N2O/c18-17(6-1-2-7-17)16-5-3-4-14(9-16)15-8-13(12-20)10-19-11-15/h3-5,8-12H,1-2,6-7,18H2. The molecule has 0 aliphatic heterocycles. The third-order valence-corrected chi connectivity index (χ3v) is 4.16. The molecule has 1 heterocycles. The van der Waals surface area contributed by atoms with E-state index in [1.807, 2.05) is 18.2 Å². The van der Waals surface area contributed by atoms with E-state index in [0.717, 1.165) is 30.3 Å². The SMILES string of the molecule is NC1(c2cccc(-c3cncc(C=O)c3)c2)CCCC1. The largest absolute Gasteiger partial charge is 0.321 e. The minimum atomic E-state index is -0.189. The van der Waals surface area contributed by atoms with Gasteiger partial charge in [0.15, 0.2) is 6.29 Å². The van der Waals surface area contributed by atoms with Crippen LogP contribution in [0.1, 0.15) is 41.6 Å². The molecule has 3 rings (SSSR count). The number of nitrogens with two attached hydrogens (primary N) is 1. The maximum Gasteiger partial charge on any atom is 0.151 e. The fraction of sp³-hybridized carbons (Fsp3) is 0.294. The maximum absolute atomic E-state index is 10.9. The first-order valence-electron chi connectivity index (χ1n) is 7.01. The van der Waals surface area contributed by atoms with E-state index < -0.39 is 0 Å². The zero-order valence-corrected chi connectivity index (χ0v) is 11.4. The van der Waals surface area contributed by atoms with E-state index in [0.29, 0.717) is 5.56 Å². The van der Waals surface area contributed by atoms with Crippen molar-refractivity contribution >= 4 is 6.29 Å². The maximum atomic E-state index is 10.9. The predicted molar refractivity (Wildman–Crippen MR) is 79.4 cm³/mol. The van der Waals surface area contributed by atoms with Gasteiger partial charge < -0.3 is 5.73 Å². The highest BCUT2D eigenvalue weighted by molar-refractivity contribution is 5.78. The van der Waals surface area contributed by atoms with Gasteiger partial charge in [0, 0.05) is 29.1 Å². The molecule has 2 aromatic rings. The first-order chi connectivity index (χ1) is 9.71. The summed E-state index contributed by atoms with van der Waals surface area (Å²) in [6, 6.07) is 10.2. The Morgan fingerprint density at radius 3 is 2.65 bits per heavy atom. The Kier molecular flexibility index (Phi) is 3.36. The summed E-state index contributed by atoms with van der Waals surface area (Å²) in [7, 11) is 0. The van der Waals surface area contributed by atoms with Crippen molar-refractivity contribution in [3.63, 3.8) is 0 Å². The topological polar surface area (TPSA) is 56.0 Å². The molecule has 20 heavy (non-hydrogen) atoms. The molecule has 0 saturated heterocycles. The van der Waals surface area contributed by atoms with Gasteiger partial charge in [-0.25, -0.2) is 0 Å². The smallest absolute Gasteiger partial charge is 0.151 e. The first kappa shape index (κ1) is 13.0. The number of aromatic nitrogens is 1. The number of carbonyl (C=O) groups excluding carboxylic acids is 1. The second kappa shape index (κ2) is 5.17. The van der Waals surface area contributed by atoms with Crippen LogP contribution < -0.4 is 5.73 Å². The van der Waals surface area contributed by atoms with Crippen molar-refractivity contribution in [3.05, 3.63) is 53.9 Å². The fourth-order valence-electron chi connectivity index (χ4n) is 2.98. The van der Waals surface area contributed by atoms with Gasteiger partial charge in [-0.05, 0) is 36.1 Å². The van der Waals surface area contributed by atoms with E-state index in [1.165, 1.54) is 18.4 Å². The van der Waals surface area contributed by atoms with Crippen LogP contribution in [0.25, 0.3) is 11.1 Å². The van der Waals surface area contributed by atoms with Crippen molar-refractivity contribution < 1.29 is 4.79 Å². The minimum absolute atomic E-state index is 0.189. The van der Waals surface area contributed by atoms with Crippen molar-refractivity contribution in [3.8, 4) is 11.1 Å². The summed E-state index contributed by atoms with van der Waals surface area (Å²) in [5.74, 6) is 0. The van der Waals surface area contributed by atoms with Crippen LogP contribution in [0.15, 0.2) is 42.7 Å². The third-order valence-electron chi connectivity index (χ3n) is 4.16. The molecule has 1 aromatic carbocycles. The van der Waals surface area contributed by atoms with Gasteiger partial charge in [-0.2, -0.15) is 0 Å². The van der Waals surface area contributed by atoms with Crippen molar-refractivity contribution in [1.29, 1.82) is 0 Å². The lowest BCUT2D eigenvalue weighted by atomic mass is 9.87. The molecule has 0 bridgehead atoms. The number of nitrogens with zero attached hydrogens (tertiary/aromatic N) is 1. The summed E-state index contributed by atoms with van der Waals surface area (Å²) in [6.45, 7) is 0. The number of rotatable bonds is 3. The van der Waals surface area contributed by atoms with E-state index in [1.54, 1.807) is 12.4 Å². The fourth-order valence-corrected chi connectivity index (χ4v) is 2.98. The number of aldehydes is 1. The van der Waals surface area contributed by atoms with Gasteiger partial charge >= 0.3 is 0 Å². The van der Waals surface area contributed by atoms with Crippen LogP contribution in [0.3, 0.4) is 0 Å². The zero-order valence-electron chi connectivity index (χ0n) is 11.4. The second-order valence-electron chi connectivity index (χ2n) is 5.57. The predicted octanol–water partition coefficient (Wildman–Crippen LogP) is 3.29. The molecular weight excluding hydrogens is 248 g/mol. The number of hydrogen-bond donors (Lipinski definition) is 1. The van der Waals surface area contributed by atoms with E-state index in [-0.39, 0.29) is 5.54 Å². The Labute approximate surface area is 118 Å². The Morgan fingerprint density at radius 1 is 1.10 bits per heavy atom. The highest BCUT2D eigenvalue weighted by Gasteiger charge is 2.31. The van der Waals surface area contributed by atoms with Crippen LogP contribution in [-0.2, 0) is 5.54 Å². The lowest BCUT2D eigenvalue weighted by Gasteiger charge is -2.24.